The molecule has 10 heteroatoms. The number of anilines is 1. The number of imidazole rings is 1. The number of H-pyrrole nitrogens is 1. The van der Waals surface area contributed by atoms with Gasteiger partial charge >= 0.3 is 29.6 Å². The van der Waals surface area contributed by atoms with E-state index in [4.69, 9.17) is 23.2 Å². The Morgan fingerprint density at radius 2 is 1.96 bits per heavy atom. The molecule has 0 saturated heterocycles. The Kier molecular flexibility index (Phi) is 10.9. The molecule has 1 heterocycles. The van der Waals surface area contributed by atoms with Gasteiger partial charge in [0.25, 0.3) is 5.91 Å². The number of carboxylic acid groups (broad SMARTS) is 1. The van der Waals surface area contributed by atoms with Crippen molar-refractivity contribution in [3.05, 3.63) is 47.5 Å². The zero-order chi connectivity index (χ0) is 19.8. The molecule has 28 heavy (non-hydrogen) atoms. The first kappa shape index (κ1) is 24.8. The van der Waals surface area contributed by atoms with E-state index in [1.807, 2.05) is 17.9 Å². The average molecular weight is 435 g/mol. The second-order valence-corrected chi connectivity index (χ2v) is 6.75. The number of amides is 1. The Bertz CT molecular complexity index is 768. The van der Waals surface area contributed by atoms with Gasteiger partial charge in [-0.3, -0.25) is 4.79 Å². The predicted molar refractivity (Wildman–Crippen MR) is 103 cm³/mol. The maximum absolute atomic E-state index is 12.6. The Balaban J connectivity index is 0.00000392. The van der Waals surface area contributed by atoms with Gasteiger partial charge in [-0.15, -0.1) is 23.2 Å². The van der Waals surface area contributed by atoms with Gasteiger partial charge in [-0.2, -0.15) is 0 Å². The van der Waals surface area contributed by atoms with Crippen LogP contribution in [-0.4, -0.2) is 52.7 Å². The molecule has 1 amide bonds. The van der Waals surface area contributed by atoms with E-state index in [0.29, 0.717) is 36.1 Å². The van der Waals surface area contributed by atoms with Crippen molar-refractivity contribution in [2.24, 2.45) is 0 Å². The van der Waals surface area contributed by atoms with Crippen molar-refractivity contribution >= 4 is 40.8 Å². The molecule has 0 fully saturated rings. The molecule has 2 N–H and O–H groups in total. The van der Waals surface area contributed by atoms with Crippen LogP contribution >= 0.6 is 23.2 Å². The van der Waals surface area contributed by atoms with Gasteiger partial charge in [0.2, 0.25) is 0 Å². The average Bonchev–Trinajstić information content (AvgIpc) is 3.14. The van der Waals surface area contributed by atoms with Crippen LogP contribution in [-0.2, 0) is 11.2 Å². The third-order valence-electron chi connectivity index (χ3n) is 4.09. The monoisotopic (exact) mass is 434 g/mol. The molecule has 0 aliphatic heterocycles. The molecule has 1 aromatic heterocycles. The van der Waals surface area contributed by atoms with Gasteiger partial charge in [0.15, 0.2) is 0 Å². The summed E-state index contributed by atoms with van der Waals surface area (Å²) >= 11 is 11.7. The van der Waals surface area contributed by atoms with E-state index in [-0.39, 0.29) is 36.0 Å². The molecule has 1 atom stereocenters. The largest absolute Gasteiger partial charge is 1.00 e. The molecule has 0 spiro atoms. The molecule has 7 nitrogen and oxygen atoms in total. The predicted octanol–water partition coefficient (Wildman–Crippen LogP) is -1.90. The number of carbonyl (C=O) groups is 2. The summed E-state index contributed by atoms with van der Waals surface area (Å²) in [6.45, 7) is 3.10. The number of hydrogen-bond acceptors (Lipinski definition) is 5. The van der Waals surface area contributed by atoms with Crippen molar-refractivity contribution in [1.29, 1.82) is 0 Å². The summed E-state index contributed by atoms with van der Waals surface area (Å²) in [5.41, 5.74) is 2.74. The Labute approximate surface area is 196 Å². The van der Waals surface area contributed by atoms with Crippen molar-refractivity contribution in [2.45, 2.75) is 19.4 Å². The maximum atomic E-state index is 12.6. The van der Waals surface area contributed by atoms with Crippen LogP contribution in [0, 0.1) is 6.92 Å². The third kappa shape index (κ3) is 6.97. The van der Waals surface area contributed by atoms with Crippen LogP contribution < -0.4 is 44.9 Å². The summed E-state index contributed by atoms with van der Waals surface area (Å²) in [6, 6.07) is 4.00. The summed E-state index contributed by atoms with van der Waals surface area (Å²) in [6.07, 6.45) is 3.00. The minimum absolute atomic E-state index is 0. The van der Waals surface area contributed by atoms with Gasteiger partial charge in [0.1, 0.15) is 0 Å². The second-order valence-electron chi connectivity index (χ2n) is 5.99. The van der Waals surface area contributed by atoms with Gasteiger partial charge in [0.05, 0.1) is 18.3 Å². The number of nitrogens with one attached hydrogen (secondary N) is 2. The minimum atomic E-state index is -1.36. The zero-order valence-electron chi connectivity index (χ0n) is 15.9. The maximum Gasteiger partial charge on any atom is 1.00 e. The number of carboxylic acids is 1. The topological polar surface area (TPSA) is 101 Å². The van der Waals surface area contributed by atoms with Crippen molar-refractivity contribution in [3.8, 4) is 0 Å². The standard InChI is InChI=1S/C18H22Cl2N4O3.Na/c1-12-2-3-13(8-16(12)24(6-4-19)7-5-20)17(25)23-15(18(26)27)9-14-10-21-11-22-14;/h2-3,8,10-11,15H,4-7,9H2,1H3,(H,21,22)(H,23,25)(H,26,27);/q;+1/p-1/t15-;/m0./s1. The number of hydrogen-bond donors (Lipinski definition) is 2. The number of rotatable bonds is 10. The molecule has 0 bridgehead atoms. The normalized spacial score (nSPS) is 11.4. The van der Waals surface area contributed by atoms with Crippen molar-refractivity contribution in [3.63, 3.8) is 0 Å². The molecule has 146 valence electrons. The van der Waals surface area contributed by atoms with Crippen LogP contribution in [0.4, 0.5) is 5.69 Å². The summed E-state index contributed by atoms with van der Waals surface area (Å²) in [7, 11) is 0. The fourth-order valence-electron chi connectivity index (χ4n) is 2.70. The third-order valence-corrected chi connectivity index (χ3v) is 4.43. The smallest absolute Gasteiger partial charge is 0.548 e. The Morgan fingerprint density at radius 1 is 1.29 bits per heavy atom. The van der Waals surface area contributed by atoms with Crippen LogP contribution in [0.15, 0.2) is 30.7 Å². The first-order valence-electron chi connectivity index (χ1n) is 8.42. The molecule has 2 aromatic rings. The molecule has 2 rings (SSSR count). The SMILES string of the molecule is Cc1ccc(C(=O)N[C@@H](Cc2cnc[nH]2)C(=O)[O-])cc1N(CCCl)CCCl.[Na+]. The van der Waals surface area contributed by atoms with E-state index in [0.717, 1.165) is 11.3 Å². The number of carbonyl (C=O) groups excluding carboxylic acids is 2. The molecule has 0 radical (unpaired) electrons. The quantitative estimate of drug-likeness (QED) is 0.336. The number of halogens is 2. The van der Waals surface area contributed by atoms with Crippen molar-refractivity contribution in [1.82, 2.24) is 15.3 Å². The summed E-state index contributed by atoms with van der Waals surface area (Å²) in [5.74, 6) is -1.02. The van der Waals surface area contributed by atoms with Gasteiger partial charge in [0, 0.05) is 54.4 Å². The first-order valence-corrected chi connectivity index (χ1v) is 9.49. The first-order chi connectivity index (χ1) is 13.0. The van der Waals surface area contributed by atoms with Gasteiger partial charge < -0.3 is 25.1 Å². The van der Waals surface area contributed by atoms with Gasteiger partial charge in [-0.1, -0.05) is 6.07 Å². The van der Waals surface area contributed by atoms with E-state index in [1.165, 1.54) is 12.5 Å². The van der Waals surface area contributed by atoms with E-state index in [1.54, 1.807) is 12.1 Å². The van der Waals surface area contributed by atoms with Crippen molar-refractivity contribution in [2.75, 3.05) is 29.7 Å². The molecular formula is C18H21Cl2N4NaO3. The summed E-state index contributed by atoms with van der Waals surface area (Å²) < 4.78 is 0. The van der Waals surface area contributed by atoms with E-state index in [2.05, 4.69) is 15.3 Å². The summed E-state index contributed by atoms with van der Waals surface area (Å²) in [5, 5.41) is 13.9. The van der Waals surface area contributed by atoms with Crippen LogP contribution in [0.1, 0.15) is 21.6 Å². The van der Waals surface area contributed by atoms with Gasteiger partial charge in [-0.05, 0) is 24.6 Å². The van der Waals surface area contributed by atoms with Crippen LogP contribution in [0.25, 0.3) is 0 Å². The number of aryl methyl sites for hydroxylation is 1. The van der Waals surface area contributed by atoms with E-state index >= 15 is 0 Å². The second kappa shape index (κ2) is 12.3. The molecule has 0 saturated carbocycles. The minimum Gasteiger partial charge on any atom is -0.548 e. The van der Waals surface area contributed by atoms with E-state index < -0.39 is 17.9 Å². The van der Waals surface area contributed by atoms with Crippen molar-refractivity contribution < 1.29 is 44.3 Å². The van der Waals surface area contributed by atoms with E-state index in [9.17, 15) is 14.7 Å². The molecule has 0 unspecified atom stereocenters. The Morgan fingerprint density at radius 3 is 2.50 bits per heavy atom. The van der Waals surface area contributed by atoms with Crippen LogP contribution in [0.2, 0.25) is 0 Å². The number of benzene rings is 1. The summed E-state index contributed by atoms with van der Waals surface area (Å²) in [4.78, 5) is 32.6. The molecule has 0 aliphatic rings. The number of aromatic nitrogens is 2. The zero-order valence-corrected chi connectivity index (χ0v) is 19.4. The number of aliphatic carboxylic acids is 1. The van der Waals surface area contributed by atoms with Crippen LogP contribution in [0.3, 0.4) is 0 Å². The van der Waals surface area contributed by atoms with Gasteiger partial charge in [-0.25, -0.2) is 4.98 Å². The molecule has 1 aromatic carbocycles. The fourth-order valence-corrected chi connectivity index (χ4v) is 3.11. The number of aromatic amines is 1. The van der Waals surface area contributed by atoms with Crippen LogP contribution in [0.5, 0.6) is 0 Å². The number of alkyl halides is 2. The molecular weight excluding hydrogens is 414 g/mol. The Hall–Kier alpha value is -1.25. The number of nitrogens with zero attached hydrogens (tertiary/aromatic N) is 2. The fraction of sp³-hybridized carbons (Fsp3) is 0.389. The molecule has 0 aliphatic carbocycles.